The molecule has 3 rings (SSSR count). The number of carbonyl (C=O) groups is 2. The maximum Gasteiger partial charge on any atom is 0.319 e. The highest BCUT2D eigenvalue weighted by Gasteiger charge is 2.09. The molecule has 3 amide bonds. The van der Waals surface area contributed by atoms with Gasteiger partial charge in [-0.2, -0.15) is 0 Å². The summed E-state index contributed by atoms with van der Waals surface area (Å²) in [6.07, 6.45) is 1.74. The van der Waals surface area contributed by atoms with E-state index in [1.165, 1.54) is 5.56 Å². The summed E-state index contributed by atoms with van der Waals surface area (Å²) in [5.41, 5.74) is 2.55. The highest BCUT2D eigenvalue weighted by Crippen LogP contribution is 2.17. The van der Waals surface area contributed by atoms with Crippen molar-refractivity contribution in [2.24, 2.45) is 0 Å². The molecule has 0 saturated heterocycles. The number of carbonyl (C=O) groups excluding carboxylic acids is 2. The summed E-state index contributed by atoms with van der Waals surface area (Å²) in [6.45, 7) is 1.86. The number of rotatable bonds is 9. The van der Waals surface area contributed by atoms with Gasteiger partial charge in [-0.05, 0) is 49.6 Å². The van der Waals surface area contributed by atoms with E-state index in [4.69, 9.17) is 4.74 Å². The van der Waals surface area contributed by atoms with Crippen LogP contribution in [-0.2, 0) is 11.2 Å². The van der Waals surface area contributed by atoms with Crippen LogP contribution in [0.15, 0.2) is 84.9 Å². The van der Waals surface area contributed by atoms with Crippen molar-refractivity contribution in [1.82, 2.24) is 5.32 Å². The molecule has 0 fully saturated rings. The minimum absolute atomic E-state index is 0.0290. The van der Waals surface area contributed by atoms with Gasteiger partial charge in [-0.1, -0.05) is 54.6 Å². The van der Waals surface area contributed by atoms with E-state index in [1.54, 1.807) is 24.3 Å². The van der Waals surface area contributed by atoms with Gasteiger partial charge < -0.3 is 20.7 Å². The smallest absolute Gasteiger partial charge is 0.319 e. The van der Waals surface area contributed by atoms with Crippen molar-refractivity contribution < 1.29 is 14.3 Å². The van der Waals surface area contributed by atoms with Crippen LogP contribution in [0.5, 0.6) is 5.75 Å². The number of nitrogens with one attached hydrogen (secondary N) is 3. The first-order valence-corrected chi connectivity index (χ1v) is 10.3. The minimum atomic E-state index is -0.278. The van der Waals surface area contributed by atoms with E-state index in [0.717, 1.165) is 12.8 Å². The maximum absolute atomic E-state index is 12.3. The second-order valence-electron chi connectivity index (χ2n) is 7.25. The largest absolute Gasteiger partial charge is 0.484 e. The van der Waals surface area contributed by atoms with Gasteiger partial charge in [-0.3, -0.25) is 4.79 Å². The molecule has 0 aromatic heterocycles. The van der Waals surface area contributed by atoms with Crippen molar-refractivity contribution in [2.75, 3.05) is 17.2 Å². The molecule has 0 aliphatic rings. The summed E-state index contributed by atoms with van der Waals surface area (Å²) in [4.78, 5) is 24.3. The van der Waals surface area contributed by atoms with E-state index in [0.29, 0.717) is 17.1 Å². The lowest BCUT2D eigenvalue weighted by Crippen LogP contribution is -2.36. The quantitative estimate of drug-likeness (QED) is 0.466. The Hall–Kier alpha value is -3.80. The average Bonchev–Trinajstić information content (AvgIpc) is 2.78. The first kappa shape index (κ1) is 21.9. The molecule has 0 heterocycles. The van der Waals surface area contributed by atoms with Crippen molar-refractivity contribution in [3.8, 4) is 5.75 Å². The fraction of sp³-hybridized carbons (Fsp3) is 0.200. The fourth-order valence-corrected chi connectivity index (χ4v) is 3.02. The Labute approximate surface area is 182 Å². The molecule has 1 atom stereocenters. The number of amides is 3. The van der Waals surface area contributed by atoms with Crippen LogP contribution in [0.4, 0.5) is 16.2 Å². The first-order valence-electron chi connectivity index (χ1n) is 10.3. The van der Waals surface area contributed by atoms with Crippen molar-refractivity contribution >= 4 is 23.3 Å². The molecule has 3 aromatic carbocycles. The number of benzene rings is 3. The predicted octanol–water partition coefficient (Wildman–Crippen LogP) is 4.85. The summed E-state index contributed by atoms with van der Waals surface area (Å²) < 4.78 is 5.55. The van der Waals surface area contributed by atoms with E-state index < -0.39 is 0 Å². The molecule has 0 radical (unpaired) electrons. The summed E-state index contributed by atoms with van der Waals surface area (Å²) in [5.74, 6) is 0.243. The van der Waals surface area contributed by atoms with Gasteiger partial charge in [-0.25, -0.2) is 4.79 Å². The Morgan fingerprint density at radius 3 is 2.26 bits per heavy atom. The average molecular weight is 418 g/mol. The van der Waals surface area contributed by atoms with Gasteiger partial charge in [0.1, 0.15) is 5.75 Å². The van der Waals surface area contributed by atoms with Gasteiger partial charge in [-0.15, -0.1) is 0 Å². The molecule has 0 aliphatic heterocycles. The van der Waals surface area contributed by atoms with Gasteiger partial charge in [0.25, 0.3) is 5.91 Å². The van der Waals surface area contributed by atoms with Crippen LogP contribution in [0.1, 0.15) is 18.9 Å². The van der Waals surface area contributed by atoms with E-state index in [1.807, 2.05) is 55.5 Å². The lowest BCUT2D eigenvalue weighted by atomic mass is 10.1. The molecule has 160 valence electrons. The molecule has 0 bridgehead atoms. The maximum atomic E-state index is 12.3. The zero-order chi connectivity index (χ0) is 21.9. The number of aryl methyl sites for hydroxylation is 1. The second kappa shape index (κ2) is 11.4. The molecular weight excluding hydrogens is 390 g/mol. The first-order chi connectivity index (χ1) is 15.1. The van der Waals surface area contributed by atoms with Crippen LogP contribution in [0.2, 0.25) is 0 Å². The third-order valence-corrected chi connectivity index (χ3v) is 4.61. The van der Waals surface area contributed by atoms with Gasteiger partial charge in [0.05, 0.1) is 0 Å². The van der Waals surface area contributed by atoms with Crippen LogP contribution in [0.25, 0.3) is 0 Å². The Morgan fingerprint density at radius 1 is 0.839 bits per heavy atom. The Bertz CT molecular complexity index is 978. The number of anilines is 2. The molecule has 1 unspecified atom stereocenters. The molecule has 31 heavy (non-hydrogen) atoms. The number of hydrogen-bond acceptors (Lipinski definition) is 3. The third kappa shape index (κ3) is 7.85. The van der Waals surface area contributed by atoms with Crippen molar-refractivity contribution in [2.45, 2.75) is 25.8 Å². The normalized spacial score (nSPS) is 11.3. The fourth-order valence-electron chi connectivity index (χ4n) is 3.02. The van der Waals surface area contributed by atoms with Gasteiger partial charge in [0.15, 0.2) is 6.61 Å². The molecule has 6 nitrogen and oxygen atoms in total. The van der Waals surface area contributed by atoms with Crippen LogP contribution in [0.3, 0.4) is 0 Å². The van der Waals surface area contributed by atoms with Crippen LogP contribution in [0, 0.1) is 0 Å². The summed E-state index contributed by atoms with van der Waals surface area (Å²) in [7, 11) is 0. The monoisotopic (exact) mass is 417 g/mol. The zero-order valence-electron chi connectivity index (χ0n) is 17.5. The third-order valence-electron chi connectivity index (χ3n) is 4.61. The minimum Gasteiger partial charge on any atom is -0.484 e. The SMILES string of the molecule is CC(CCc1ccccc1)NC(=O)Nc1cccc(OCC(=O)Nc2ccccc2)c1. The standard InChI is InChI=1S/C25H27N3O3/c1-19(15-16-20-9-4-2-5-10-20)26-25(30)28-22-13-8-14-23(17-22)31-18-24(29)27-21-11-6-3-7-12-21/h2-14,17,19H,15-16,18H2,1H3,(H,27,29)(H2,26,28,30). The van der Waals surface area contributed by atoms with E-state index in [-0.39, 0.29) is 24.6 Å². The summed E-state index contributed by atoms with van der Waals surface area (Å²) in [5, 5.41) is 8.51. The highest BCUT2D eigenvalue weighted by atomic mass is 16.5. The van der Waals surface area contributed by atoms with Gasteiger partial charge in [0.2, 0.25) is 0 Å². The van der Waals surface area contributed by atoms with E-state index in [9.17, 15) is 9.59 Å². The Balaban J connectivity index is 1.42. The lowest BCUT2D eigenvalue weighted by Gasteiger charge is -2.15. The molecule has 0 aliphatic carbocycles. The van der Waals surface area contributed by atoms with Gasteiger partial charge in [0, 0.05) is 23.5 Å². The molecule has 3 aromatic rings. The van der Waals surface area contributed by atoms with Crippen LogP contribution >= 0.6 is 0 Å². The van der Waals surface area contributed by atoms with E-state index >= 15 is 0 Å². The molecule has 6 heteroatoms. The van der Waals surface area contributed by atoms with Crippen molar-refractivity contribution in [3.63, 3.8) is 0 Å². The number of para-hydroxylation sites is 1. The predicted molar refractivity (Wildman–Crippen MR) is 123 cm³/mol. The van der Waals surface area contributed by atoms with Gasteiger partial charge >= 0.3 is 6.03 Å². The van der Waals surface area contributed by atoms with Crippen LogP contribution < -0.4 is 20.7 Å². The van der Waals surface area contributed by atoms with Crippen molar-refractivity contribution in [1.29, 1.82) is 0 Å². The summed E-state index contributed by atoms with van der Waals surface area (Å²) in [6, 6.07) is 26.1. The molecule has 0 saturated carbocycles. The van der Waals surface area contributed by atoms with E-state index in [2.05, 4.69) is 28.1 Å². The van der Waals surface area contributed by atoms with Crippen LogP contribution in [-0.4, -0.2) is 24.6 Å². The second-order valence-corrected chi connectivity index (χ2v) is 7.25. The number of ether oxygens (including phenoxy) is 1. The molecule has 0 spiro atoms. The lowest BCUT2D eigenvalue weighted by molar-refractivity contribution is -0.118. The zero-order valence-corrected chi connectivity index (χ0v) is 17.5. The molecular formula is C25H27N3O3. The Morgan fingerprint density at radius 2 is 1.52 bits per heavy atom. The topological polar surface area (TPSA) is 79.5 Å². The number of hydrogen-bond donors (Lipinski definition) is 3. The van der Waals surface area contributed by atoms with Crippen molar-refractivity contribution in [3.05, 3.63) is 90.5 Å². The summed E-state index contributed by atoms with van der Waals surface area (Å²) >= 11 is 0. The number of urea groups is 1. The Kier molecular flexibility index (Phi) is 8.05. The highest BCUT2D eigenvalue weighted by molar-refractivity contribution is 5.92. The molecule has 3 N–H and O–H groups in total.